The van der Waals surface area contributed by atoms with E-state index in [1.165, 1.54) is 17.0 Å². The Kier molecular flexibility index (Phi) is 12.6. The maximum atomic E-state index is 13.0. The monoisotopic (exact) mass is 606 g/mol. The number of nitrogens with two attached hydrogens (primary N) is 3. The SMILES string of the molecule is NCCN(CCN)C(=O)CC(N)C(=O)NC(Cc1ccc(C(F)(F)F)cc1)C(=O)NCc1ccc(OC(F)(F)F)cc1. The van der Waals surface area contributed by atoms with Crippen molar-refractivity contribution >= 4 is 17.7 Å². The smallest absolute Gasteiger partial charge is 0.406 e. The van der Waals surface area contributed by atoms with Crippen LogP contribution >= 0.6 is 0 Å². The molecule has 42 heavy (non-hydrogen) atoms. The van der Waals surface area contributed by atoms with Gasteiger partial charge in [0.1, 0.15) is 11.8 Å². The van der Waals surface area contributed by atoms with Gasteiger partial charge in [-0.15, -0.1) is 13.2 Å². The summed E-state index contributed by atoms with van der Waals surface area (Å²) in [6, 6.07) is 5.89. The Morgan fingerprint density at radius 3 is 1.88 bits per heavy atom. The van der Waals surface area contributed by atoms with E-state index in [0.29, 0.717) is 5.56 Å². The highest BCUT2D eigenvalue weighted by molar-refractivity contribution is 5.92. The first kappa shape index (κ1) is 34.3. The normalized spacial score (nSPS) is 13.2. The molecule has 0 aliphatic rings. The minimum absolute atomic E-state index is 0.153. The fourth-order valence-corrected chi connectivity index (χ4v) is 3.76. The van der Waals surface area contributed by atoms with Crippen LogP contribution in [-0.2, 0) is 33.5 Å². The zero-order valence-electron chi connectivity index (χ0n) is 22.3. The van der Waals surface area contributed by atoms with E-state index in [1.54, 1.807) is 0 Å². The molecule has 0 aromatic heterocycles. The molecule has 0 aliphatic carbocycles. The van der Waals surface area contributed by atoms with Crippen molar-refractivity contribution in [1.82, 2.24) is 15.5 Å². The summed E-state index contributed by atoms with van der Waals surface area (Å²) in [4.78, 5) is 39.8. The average molecular weight is 607 g/mol. The maximum absolute atomic E-state index is 13.0. The lowest BCUT2D eigenvalue weighted by atomic mass is 10.0. The molecular weight excluding hydrogens is 574 g/mol. The van der Waals surface area contributed by atoms with E-state index in [2.05, 4.69) is 15.4 Å². The first-order valence-corrected chi connectivity index (χ1v) is 12.6. The summed E-state index contributed by atoms with van der Waals surface area (Å²) in [7, 11) is 0. The van der Waals surface area contributed by atoms with Gasteiger partial charge in [0, 0.05) is 39.1 Å². The van der Waals surface area contributed by atoms with Crippen molar-refractivity contribution in [1.29, 1.82) is 0 Å². The molecule has 8 N–H and O–H groups in total. The number of alkyl halides is 6. The Morgan fingerprint density at radius 1 is 0.833 bits per heavy atom. The summed E-state index contributed by atoms with van der Waals surface area (Å²) >= 11 is 0. The number of rotatable bonds is 14. The van der Waals surface area contributed by atoms with Gasteiger partial charge >= 0.3 is 12.5 Å². The summed E-state index contributed by atoms with van der Waals surface area (Å²) in [5.41, 5.74) is 16.7. The molecule has 2 aromatic carbocycles. The van der Waals surface area contributed by atoms with Gasteiger partial charge in [0.25, 0.3) is 0 Å². The highest BCUT2D eigenvalue weighted by Crippen LogP contribution is 2.29. The summed E-state index contributed by atoms with van der Waals surface area (Å²) in [5.74, 6) is -2.59. The topological polar surface area (TPSA) is 166 Å². The summed E-state index contributed by atoms with van der Waals surface area (Å²) in [6.07, 6.45) is -10.1. The van der Waals surface area contributed by atoms with Crippen molar-refractivity contribution in [3.05, 3.63) is 65.2 Å². The van der Waals surface area contributed by atoms with Gasteiger partial charge in [-0.05, 0) is 35.4 Å². The van der Waals surface area contributed by atoms with Crippen LogP contribution in [0.1, 0.15) is 23.1 Å². The lowest BCUT2D eigenvalue weighted by Gasteiger charge is -2.24. The molecule has 0 saturated heterocycles. The minimum atomic E-state index is -4.88. The highest BCUT2D eigenvalue weighted by atomic mass is 19.4. The van der Waals surface area contributed by atoms with Crippen LogP contribution in [0.2, 0.25) is 0 Å². The molecule has 10 nitrogen and oxygen atoms in total. The first-order valence-electron chi connectivity index (χ1n) is 12.6. The molecule has 0 bridgehead atoms. The molecule has 0 fully saturated rings. The Balaban J connectivity index is 2.14. The van der Waals surface area contributed by atoms with Crippen LogP contribution in [0.4, 0.5) is 26.3 Å². The number of halogens is 6. The van der Waals surface area contributed by atoms with Crippen molar-refractivity contribution in [3.8, 4) is 5.75 Å². The molecule has 2 aromatic rings. The third-order valence-electron chi connectivity index (χ3n) is 5.86. The molecule has 0 heterocycles. The molecule has 232 valence electrons. The molecule has 0 saturated carbocycles. The van der Waals surface area contributed by atoms with Gasteiger partial charge in [-0.3, -0.25) is 14.4 Å². The molecule has 2 unspecified atom stereocenters. The van der Waals surface area contributed by atoms with Crippen LogP contribution in [-0.4, -0.2) is 67.2 Å². The number of hydrogen-bond donors (Lipinski definition) is 5. The summed E-state index contributed by atoms with van der Waals surface area (Å²) in [6.45, 7) is 0.517. The van der Waals surface area contributed by atoms with Crippen LogP contribution in [0, 0.1) is 0 Å². The molecule has 16 heteroatoms. The van der Waals surface area contributed by atoms with Gasteiger partial charge in [0.2, 0.25) is 17.7 Å². The van der Waals surface area contributed by atoms with Gasteiger partial charge in [-0.1, -0.05) is 24.3 Å². The zero-order chi connectivity index (χ0) is 31.5. The average Bonchev–Trinajstić information content (AvgIpc) is 2.90. The molecular formula is C26H32F6N6O4. The fraction of sp³-hybridized carbons (Fsp3) is 0.423. The van der Waals surface area contributed by atoms with Crippen molar-refractivity contribution in [2.75, 3.05) is 26.2 Å². The van der Waals surface area contributed by atoms with Crippen LogP contribution in [0.3, 0.4) is 0 Å². The standard InChI is InChI=1S/C26H32F6N6O4/c27-25(28,29)18-5-1-16(2-6-18)13-21(37-23(40)20(35)14-22(39)38(11-9-33)12-10-34)24(41)36-15-17-3-7-19(8-4-17)42-26(30,31)32/h1-8,20-21H,9-15,33-35H2,(H,36,41)(H,37,40). The summed E-state index contributed by atoms with van der Waals surface area (Å²) < 4.78 is 79.8. The van der Waals surface area contributed by atoms with Gasteiger partial charge < -0.3 is 37.5 Å². The molecule has 0 radical (unpaired) electrons. The quantitative estimate of drug-likeness (QED) is 0.203. The fourth-order valence-electron chi connectivity index (χ4n) is 3.76. The van der Waals surface area contributed by atoms with E-state index in [0.717, 1.165) is 36.4 Å². The number of nitrogens with one attached hydrogen (secondary N) is 2. The van der Waals surface area contributed by atoms with E-state index >= 15 is 0 Å². The number of carbonyl (C=O) groups is 3. The number of benzene rings is 2. The van der Waals surface area contributed by atoms with E-state index in [4.69, 9.17) is 17.2 Å². The van der Waals surface area contributed by atoms with Crippen LogP contribution in [0.5, 0.6) is 5.75 Å². The lowest BCUT2D eigenvalue weighted by molar-refractivity contribution is -0.274. The Morgan fingerprint density at radius 2 is 1.38 bits per heavy atom. The van der Waals surface area contributed by atoms with Crippen molar-refractivity contribution in [2.24, 2.45) is 17.2 Å². The first-order chi connectivity index (χ1) is 19.6. The predicted molar refractivity (Wildman–Crippen MR) is 139 cm³/mol. The van der Waals surface area contributed by atoms with Crippen LogP contribution < -0.4 is 32.6 Å². The predicted octanol–water partition coefficient (Wildman–Crippen LogP) is 1.41. The Hall–Kier alpha value is -3.89. The van der Waals surface area contributed by atoms with Crippen molar-refractivity contribution < 1.29 is 45.5 Å². The Bertz CT molecular complexity index is 1170. The van der Waals surface area contributed by atoms with Gasteiger partial charge in [0.15, 0.2) is 0 Å². The van der Waals surface area contributed by atoms with E-state index in [9.17, 15) is 40.7 Å². The second-order valence-electron chi connectivity index (χ2n) is 9.14. The Labute approximate surface area is 237 Å². The third kappa shape index (κ3) is 11.5. The second-order valence-corrected chi connectivity index (χ2v) is 9.14. The van der Waals surface area contributed by atoms with Gasteiger partial charge in [0.05, 0.1) is 18.0 Å². The molecule has 2 atom stereocenters. The van der Waals surface area contributed by atoms with Gasteiger partial charge in [-0.25, -0.2) is 0 Å². The molecule has 0 aliphatic heterocycles. The number of carbonyl (C=O) groups excluding carboxylic acids is 3. The number of hydrogen-bond acceptors (Lipinski definition) is 7. The number of nitrogens with zero attached hydrogens (tertiary/aromatic N) is 1. The van der Waals surface area contributed by atoms with Crippen molar-refractivity contribution in [3.63, 3.8) is 0 Å². The van der Waals surface area contributed by atoms with Crippen LogP contribution in [0.15, 0.2) is 48.5 Å². The number of ether oxygens (including phenoxy) is 1. The lowest BCUT2D eigenvalue weighted by Crippen LogP contribution is -2.53. The minimum Gasteiger partial charge on any atom is -0.406 e. The molecule has 0 spiro atoms. The second kappa shape index (κ2) is 15.4. The summed E-state index contributed by atoms with van der Waals surface area (Å²) in [5, 5.41) is 4.94. The molecule has 3 amide bonds. The van der Waals surface area contributed by atoms with E-state index < -0.39 is 60.1 Å². The maximum Gasteiger partial charge on any atom is 0.573 e. The molecule has 2 rings (SSSR count). The van der Waals surface area contributed by atoms with E-state index in [1.807, 2.05) is 0 Å². The van der Waals surface area contributed by atoms with Crippen LogP contribution in [0.25, 0.3) is 0 Å². The third-order valence-corrected chi connectivity index (χ3v) is 5.86. The highest BCUT2D eigenvalue weighted by Gasteiger charge is 2.32. The van der Waals surface area contributed by atoms with E-state index in [-0.39, 0.29) is 44.7 Å². The number of amides is 3. The largest absolute Gasteiger partial charge is 0.573 e. The zero-order valence-corrected chi connectivity index (χ0v) is 22.3. The van der Waals surface area contributed by atoms with Gasteiger partial charge in [-0.2, -0.15) is 13.2 Å². The van der Waals surface area contributed by atoms with Crippen molar-refractivity contribution in [2.45, 2.75) is 44.0 Å².